The fourth-order valence-corrected chi connectivity index (χ4v) is 4.40. The van der Waals surface area contributed by atoms with Crippen molar-refractivity contribution in [3.63, 3.8) is 0 Å². The predicted molar refractivity (Wildman–Crippen MR) is 87.6 cm³/mol. The largest absolute Gasteiger partial charge is 0.369 e. The van der Waals surface area contributed by atoms with Crippen molar-refractivity contribution in [2.45, 2.75) is 30.2 Å². The van der Waals surface area contributed by atoms with Crippen LogP contribution in [0.25, 0.3) is 0 Å². The summed E-state index contributed by atoms with van der Waals surface area (Å²) in [5.41, 5.74) is 0.397. The predicted octanol–water partition coefficient (Wildman–Crippen LogP) is 1.67. The number of nitrogens with zero attached hydrogens (tertiary/aromatic N) is 3. The molecule has 0 bridgehead atoms. The smallest absolute Gasteiger partial charge is 0.288 e. The zero-order chi connectivity index (χ0) is 16.6. The molecule has 0 aliphatic carbocycles. The molecule has 8 heteroatoms. The number of nitro groups is 1. The van der Waals surface area contributed by atoms with Crippen molar-refractivity contribution < 1.29 is 13.3 Å². The van der Waals surface area contributed by atoms with E-state index >= 15 is 0 Å². The van der Waals surface area contributed by atoms with Gasteiger partial charge in [-0.15, -0.1) is 0 Å². The standard InChI is InChI=1S/C15H21N3O4S/c1-23(21,22)15-10-12(5-6-14(15)18(19)20)17-9-8-16-7-3-2-4-13(16)11-17/h5-6,10,13H,2-4,7-9,11H2,1H3. The Morgan fingerprint density at radius 3 is 2.70 bits per heavy atom. The lowest BCUT2D eigenvalue weighted by Gasteiger charge is -2.45. The summed E-state index contributed by atoms with van der Waals surface area (Å²) in [5.74, 6) is 0. The topological polar surface area (TPSA) is 83.8 Å². The number of fused-ring (bicyclic) bond motifs is 1. The summed E-state index contributed by atoms with van der Waals surface area (Å²) in [5, 5.41) is 11.1. The summed E-state index contributed by atoms with van der Waals surface area (Å²) < 4.78 is 23.8. The number of hydrogen-bond acceptors (Lipinski definition) is 6. The van der Waals surface area contributed by atoms with E-state index in [0.29, 0.717) is 6.04 Å². The van der Waals surface area contributed by atoms with Gasteiger partial charge in [0.15, 0.2) is 9.84 Å². The molecule has 0 amide bonds. The van der Waals surface area contributed by atoms with E-state index in [1.54, 1.807) is 6.07 Å². The fraction of sp³-hybridized carbons (Fsp3) is 0.600. The van der Waals surface area contributed by atoms with Gasteiger partial charge in [0.25, 0.3) is 5.69 Å². The Morgan fingerprint density at radius 1 is 1.22 bits per heavy atom. The Hall–Kier alpha value is -1.67. The van der Waals surface area contributed by atoms with Crippen LogP contribution in [0.2, 0.25) is 0 Å². The molecule has 23 heavy (non-hydrogen) atoms. The first-order chi connectivity index (χ1) is 10.9. The molecule has 2 fully saturated rings. The van der Waals surface area contributed by atoms with Crippen molar-refractivity contribution in [2.24, 2.45) is 0 Å². The van der Waals surface area contributed by atoms with Gasteiger partial charge in [-0.05, 0) is 31.5 Å². The molecule has 126 valence electrons. The molecule has 2 heterocycles. The van der Waals surface area contributed by atoms with Crippen molar-refractivity contribution in [2.75, 3.05) is 37.3 Å². The van der Waals surface area contributed by atoms with Gasteiger partial charge in [0.05, 0.1) is 4.92 Å². The maximum absolute atomic E-state index is 11.9. The maximum Gasteiger partial charge on any atom is 0.288 e. The molecule has 0 N–H and O–H groups in total. The number of anilines is 1. The number of hydrogen-bond donors (Lipinski definition) is 0. The van der Waals surface area contributed by atoms with E-state index in [-0.39, 0.29) is 10.6 Å². The van der Waals surface area contributed by atoms with E-state index in [1.165, 1.54) is 25.0 Å². The van der Waals surface area contributed by atoms with Crippen LogP contribution in [-0.2, 0) is 9.84 Å². The minimum atomic E-state index is -3.64. The first-order valence-electron chi connectivity index (χ1n) is 7.84. The first-order valence-corrected chi connectivity index (χ1v) is 9.73. The van der Waals surface area contributed by atoms with Gasteiger partial charge >= 0.3 is 0 Å². The van der Waals surface area contributed by atoms with Crippen LogP contribution in [0.3, 0.4) is 0 Å². The van der Waals surface area contributed by atoms with Crippen LogP contribution in [0.15, 0.2) is 23.1 Å². The van der Waals surface area contributed by atoms with Crippen molar-refractivity contribution in [3.8, 4) is 0 Å². The highest BCUT2D eigenvalue weighted by Crippen LogP contribution is 2.31. The third-order valence-corrected chi connectivity index (χ3v) is 5.87. The maximum atomic E-state index is 11.9. The number of rotatable bonds is 3. The first kappa shape index (κ1) is 16.2. The molecule has 0 aromatic heterocycles. The molecule has 2 aliphatic heterocycles. The van der Waals surface area contributed by atoms with Crippen LogP contribution in [0.1, 0.15) is 19.3 Å². The van der Waals surface area contributed by atoms with E-state index in [0.717, 1.165) is 44.5 Å². The molecule has 1 aromatic rings. The van der Waals surface area contributed by atoms with Crippen LogP contribution in [0, 0.1) is 10.1 Å². The zero-order valence-electron chi connectivity index (χ0n) is 13.1. The lowest BCUT2D eigenvalue weighted by Crippen LogP contribution is -2.54. The van der Waals surface area contributed by atoms with Crippen molar-refractivity contribution in [1.29, 1.82) is 0 Å². The minimum Gasteiger partial charge on any atom is -0.369 e. The molecule has 0 radical (unpaired) electrons. The Bertz CT molecular complexity index is 719. The number of nitro benzene ring substituents is 1. The van der Waals surface area contributed by atoms with E-state index < -0.39 is 14.8 Å². The molecular weight excluding hydrogens is 318 g/mol. The Labute approximate surface area is 136 Å². The number of piperazine rings is 1. The van der Waals surface area contributed by atoms with Gasteiger partial charge in [-0.3, -0.25) is 15.0 Å². The molecular formula is C15H21N3O4S. The number of sulfone groups is 1. The molecule has 2 aliphatic rings. The van der Waals surface area contributed by atoms with Gasteiger partial charge in [0.2, 0.25) is 0 Å². The molecule has 0 spiro atoms. The quantitative estimate of drug-likeness (QED) is 0.615. The second kappa shape index (κ2) is 6.09. The van der Waals surface area contributed by atoms with Crippen LogP contribution < -0.4 is 4.90 Å². The molecule has 0 saturated carbocycles. The molecule has 1 atom stereocenters. The third kappa shape index (κ3) is 3.32. The lowest BCUT2D eigenvalue weighted by atomic mass is 9.99. The zero-order valence-corrected chi connectivity index (χ0v) is 14.0. The molecule has 1 aromatic carbocycles. The Morgan fingerprint density at radius 2 is 2.00 bits per heavy atom. The SMILES string of the molecule is CS(=O)(=O)c1cc(N2CCN3CCCCC3C2)ccc1[N+](=O)[O-]. The molecule has 1 unspecified atom stereocenters. The summed E-state index contributed by atoms with van der Waals surface area (Å²) >= 11 is 0. The summed E-state index contributed by atoms with van der Waals surface area (Å²) in [7, 11) is -3.64. The monoisotopic (exact) mass is 339 g/mol. The summed E-state index contributed by atoms with van der Waals surface area (Å²) in [6.07, 6.45) is 4.64. The van der Waals surface area contributed by atoms with Crippen molar-refractivity contribution in [1.82, 2.24) is 4.90 Å². The van der Waals surface area contributed by atoms with Crippen LogP contribution in [0.5, 0.6) is 0 Å². The van der Waals surface area contributed by atoms with Crippen LogP contribution in [0.4, 0.5) is 11.4 Å². The molecule has 7 nitrogen and oxygen atoms in total. The average Bonchev–Trinajstić information content (AvgIpc) is 2.53. The van der Waals surface area contributed by atoms with E-state index in [2.05, 4.69) is 9.80 Å². The van der Waals surface area contributed by atoms with E-state index in [1.807, 2.05) is 0 Å². The average molecular weight is 339 g/mol. The van der Waals surface area contributed by atoms with Gasteiger partial charge in [0, 0.05) is 43.7 Å². The van der Waals surface area contributed by atoms with Gasteiger partial charge < -0.3 is 4.90 Å². The van der Waals surface area contributed by atoms with Crippen molar-refractivity contribution in [3.05, 3.63) is 28.3 Å². The lowest BCUT2D eigenvalue weighted by molar-refractivity contribution is -0.387. The van der Waals surface area contributed by atoms with Crippen LogP contribution in [-0.4, -0.2) is 56.7 Å². The van der Waals surface area contributed by atoms with E-state index in [9.17, 15) is 18.5 Å². The van der Waals surface area contributed by atoms with Gasteiger partial charge in [-0.2, -0.15) is 0 Å². The van der Waals surface area contributed by atoms with E-state index in [4.69, 9.17) is 0 Å². The fourth-order valence-electron chi connectivity index (χ4n) is 3.54. The highest BCUT2D eigenvalue weighted by Gasteiger charge is 2.30. The minimum absolute atomic E-state index is 0.203. The summed E-state index contributed by atoms with van der Waals surface area (Å²) in [6.45, 7) is 3.75. The highest BCUT2D eigenvalue weighted by molar-refractivity contribution is 7.90. The third-order valence-electron chi connectivity index (χ3n) is 4.74. The van der Waals surface area contributed by atoms with Crippen molar-refractivity contribution >= 4 is 21.2 Å². The van der Waals surface area contributed by atoms with Crippen LogP contribution >= 0.6 is 0 Å². The number of benzene rings is 1. The molecule has 2 saturated heterocycles. The normalized spacial score (nSPS) is 22.7. The van der Waals surface area contributed by atoms with Gasteiger partial charge in [0.1, 0.15) is 4.90 Å². The number of piperidine rings is 1. The Balaban J connectivity index is 1.90. The Kier molecular flexibility index (Phi) is 4.29. The molecule has 3 rings (SSSR count). The second-order valence-corrected chi connectivity index (χ2v) is 8.30. The van der Waals surface area contributed by atoms with Gasteiger partial charge in [-0.25, -0.2) is 8.42 Å². The van der Waals surface area contributed by atoms with Gasteiger partial charge in [-0.1, -0.05) is 6.42 Å². The summed E-state index contributed by atoms with van der Waals surface area (Å²) in [4.78, 5) is 14.9. The highest BCUT2D eigenvalue weighted by atomic mass is 32.2. The second-order valence-electron chi connectivity index (χ2n) is 6.31. The summed E-state index contributed by atoms with van der Waals surface area (Å²) in [6, 6.07) is 4.91.